The zero-order valence-corrected chi connectivity index (χ0v) is 10.6. The molecule has 0 aliphatic heterocycles. The minimum atomic E-state index is 0.453. The van der Waals surface area contributed by atoms with E-state index in [9.17, 15) is 0 Å². The van der Waals surface area contributed by atoms with Crippen molar-refractivity contribution in [3.8, 4) is 5.75 Å². The van der Waals surface area contributed by atoms with Gasteiger partial charge in [-0.1, -0.05) is 13.8 Å². The molecule has 0 bridgehead atoms. The summed E-state index contributed by atoms with van der Waals surface area (Å²) >= 11 is 0. The summed E-state index contributed by atoms with van der Waals surface area (Å²) in [5.41, 5.74) is 6.64. The summed E-state index contributed by atoms with van der Waals surface area (Å²) in [4.78, 5) is 4.16. The smallest absolute Gasteiger partial charge is 0.193 e. The minimum absolute atomic E-state index is 0.453. The molecule has 0 radical (unpaired) electrons. The van der Waals surface area contributed by atoms with Crippen molar-refractivity contribution in [3.05, 3.63) is 24.3 Å². The largest absolute Gasteiger partial charge is 0.494 e. The molecule has 1 rings (SSSR count). The van der Waals surface area contributed by atoms with Crippen LogP contribution in [0.15, 0.2) is 29.3 Å². The average molecular weight is 235 g/mol. The van der Waals surface area contributed by atoms with Crippen molar-refractivity contribution in [2.75, 3.05) is 18.5 Å². The van der Waals surface area contributed by atoms with Crippen molar-refractivity contribution in [2.24, 2.45) is 10.7 Å². The highest BCUT2D eigenvalue weighted by Crippen LogP contribution is 2.15. The number of guanidine groups is 1. The lowest BCUT2D eigenvalue weighted by Crippen LogP contribution is -2.22. The molecule has 0 amide bonds. The quantitative estimate of drug-likeness (QED) is 0.588. The van der Waals surface area contributed by atoms with Crippen LogP contribution < -0.4 is 15.8 Å². The van der Waals surface area contributed by atoms with Gasteiger partial charge in [-0.2, -0.15) is 0 Å². The second-order valence-electron chi connectivity index (χ2n) is 3.76. The van der Waals surface area contributed by atoms with Crippen LogP contribution in [0.4, 0.5) is 5.69 Å². The zero-order valence-electron chi connectivity index (χ0n) is 10.6. The minimum Gasteiger partial charge on any atom is -0.494 e. The van der Waals surface area contributed by atoms with Gasteiger partial charge in [-0.3, -0.25) is 4.99 Å². The third kappa shape index (κ3) is 5.24. The number of benzene rings is 1. The van der Waals surface area contributed by atoms with E-state index >= 15 is 0 Å². The SMILES string of the molecule is CCCN=C(N)Nc1ccc(OCCC)cc1. The van der Waals surface area contributed by atoms with Crippen LogP contribution in [0.25, 0.3) is 0 Å². The van der Waals surface area contributed by atoms with Crippen molar-refractivity contribution in [2.45, 2.75) is 26.7 Å². The number of anilines is 1. The zero-order chi connectivity index (χ0) is 12.5. The van der Waals surface area contributed by atoms with E-state index in [-0.39, 0.29) is 0 Å². The van der Waals surface area contributed by atoms with E-state index < -0.39 is 0 Å². The van der Waals surface area contributed by atoms with Crippen molar-refractivity contribution in [1.82, 2.24) is 0 Å². The molecule has 0 heterocycles. The Morgan fingerprint density at radius 2 is 1.94 bits per heavy atom. The van der Waals surface area contributed by atoms with E-state index in [0.29, 0.717) is 5.96 Å². The molecule has 0 atom stereocenters. The first-order chi connectivity index (χ1) is 8.26. The highest BCUT2D eigenvalue weighted by atomic mass is 16.5. The molecular formula is C13H21N3O. The maximum absolute atomic E-state index is 5.72. The maximum atomic E-state index is 5.72. The van der Waals surface area contributed by atoms with E-state index in [4.69, 9.17) is 10.5 Å². The molecule has 0 aromatic heterocycles. The van der Waals surface area contributed by atoms with Crippen LogP contribution in [0.5, 0.6) is 5.75 Å². The van der Waals surface area contributed by atoms with Crippen LogP contribution in [0.1, 0.15) is 26.7 Å². The molecule has 3 N–H and O–H groups in total. The van der Waals surface area contributed by atoms with Gasteiger partial charge in [0.25, 0.3) is 0 Å². The van der Waals surface area contributed by atoms with Gasteiger partial charge < -0.3 is 15.8 Å². The van der Waals surface area contributed by atoms with Crippen LogP contribution in [-0.2, 0) is 0 Å². The lowest BCUT2D eigenvalue weighted by atomic mass is 10.3. The predicted molar refractivity (Wildman–Crippen MR) is 72.6 cm³/mol. The molecule has 1 aromatic rings. The Morgan fingerprint density at radius 3 is 2.53 bits per heavy atom. The molecule has 0 aliphatic rings. The van der Waals surface area contributed by atoms with Gasteiger partial charge in [0, 0.05) is 12.2 Å². The van der Waals surface area contributed by atoms with Crippen LogP contribution in [0.3, 0.4) is 0 Å². The van der Waals surface area contributed by atoms with Crippen LogP contribution in [0.2, 0.25) is 0 Å². The topological polar surface area (TPSA) is 59.6 Å². The van der Waals surface area contributed by atoms with Gasteiger partial charge in [0.2, 0.25) is 0 Å². The predicted octanol–water partition coefficient (Wildman–Crippen LogP) is 2.61. The Bertz CT molecular complexity index is 346. The fourth-order valence-corrected chi connectivity index (χ4v) is 1.27. The number of nitrogens with one attached hydrogen (secondary N) is 1. The van der Waals surface area contributed by atoms with Crippen LogP contribution in [0, 0.1) is 0 Å². The Balaban J connectivity index is 2.50. The van der Waals surface area contributed by atoms with E-state index in [2.05, 4.69) is 24.2 Å². The number of hydrogen-bond donors (Lipinski definition) is 2. The maximum Gasteiger partial charge on any atom is 0.193 e. The van der Waals surface area contributed by atoms with Gasteiger partial charge >= 0.3 is 0 Å². The summed E-state index contributed by atoms with van der Waals surface area (Å²) in [7, 11) is 0. The number of aliphatic imine (C=N–C) groups is 1. The summed E-state index contributed by atoms with van der Waals surface area (Å²) in [6.45, 7) is 5.64. The van der Waals surface area contributed by atoms with Crippen molar-refractivity contribution in [1.29, 1.82) is 0 Å². The Labute approximate surface area is 103 Å². The normalized spacial score (nSPS) is 11.3. The van der Waals surface area contributed by atoms with Crippen molar-refractivity contribution < 1.29 is 4.74 Å². The summed E-state index contributed by atoms with van der Waals surface area (Å²) in [5, 5.41) is 3.03. The molecule has 1 aromatic carbocycles. The molecule has 0 aliphatic carbocycles. The number of hydrogen-bond acceptors (Lipinski definition) is 2. The second-order valence-corrected chi connectivity index (χ2v) is 3.76. The number of ether oxygens (including phenoxy) is 1. The van der Waals surface area contributed by atoms with Gasteiger partial charge in [0.05, 0.1) is 6.61 Å². The second kappa shape index (κ2) is 7.54. The van der Waals surface area contributed by atoms with Crippen LogP contribution in [-0.4, -0.2) is 19.1 Å². The molecule has 0 unspecified atom stereocenters. The fraction of sp³-hybridized carbons (Fsp3) is 0.462. The summed E-state index contributed by atoms with van der Waals surface area (Å²) in [5.74, 6) is 1.33. The van der Waals surface area contributed by atoms with Gasteiger partial charge in [0.1, 0.15) is 5.75 Å². The fourth-order valence-electron chi connectivity index (χ4n) is 1.27. The lowest BCUT2D eigenvalue weighted by molar-refractivity contribution is 0.317. The Morgan fingerprint density at radius 1 is 1.24 bits per heavy atom. The van der Waals surface area contributed by atoms with E-state index in [0.717, 1.165) is 37.4 Å². The van der Waals surface area contributed by atoms with Gasteiger partial charge in [0.15, 0.2) is 5.96 Å². The molecule has 0 spiro atoms. The molecule has 0 saturated heterocycles. The number of nitrogens with zero attached hydrogens (tertiary/aromatic N) is 1. The molecule has 0 fully saturated rings. The van der Waals surface area contributed by atoms with Crippen molar-refractivity contribution >= 4 is 11.6 Å². The Hall–Kier alpha value is -1.71. The van der Waals surface area contributed by atoms with Crippen LogP contribution >= 0.6 is 0 Å². The van der Waals surface area contributed by atoms with Crippen molar-refractivity contribution in [3.63, 3.8) is 0 Å². The number of nitrogens with two attached hydrogens (primary N) is 1. The Kier molecular flexibility index (Phi) is 5.93. The molecule has 4 nitrogen and oxygen atoms in total. The summed E-state index contributed by atoms with van der Waals surface area (Å²) in [6, 6.07) is 7.70. The molecule has 94 valence electrons. The molecule has 17 heavy (non-hydrogen) atoms. The van der Waals surface area contributed by atoms with Gasteiger partial charge in [-0.15, -0.1) is 0 Å². The van der Waals surface area contributed by atoms with E-state index in [1.165, 1.54) is 0 Å². The molecular weight excluding hydrogens is 214 g/mol. The first kappa shape index (κ1) is 13.4. The lowest BCUT2D eigenvalue weighted by Gasteiger charge is -2.07. The highest BCUT2D eigenvalue weighted by molar-refractivity contribution is 5.92. The standard InChI is InChI=1S/C13H21N3O/c1-3-9-15-13(14)16-11-5-7-12(8-6-11)17-10-4-2/h5-8H,3-4,9-10H2,1-2H3,(H3,14,15,16). The molecule has 0 saturated carbocycles. The van der Waals surface area contributed by atoms with E-state index in [1.54, 1.807) is 0 Å². The highest BCUT2D eigenvalue weighted by Gasteiger charge is 1.96. The first-order valence-electron chi connectivity index (χ1n) is 6.06. The third-order valence-corrected chi connectivity index (χ3v) is 2.11. The monoisotopic (exact) mass is 235 g/mol. The third-order valence-electron chi connectivity index (χ3n) is 2.11. The first-order valence-corrected chi connectivity index (χ1v) is 6.06. The van der Waals surface area contributed by atoms with E-state index in [1.807, 2.05) is 24.3 Å². The van der Waals surface area contributed by atoms with Gasteiger partial charge in [-0.05, 0) is 37.1 Å². The number of rotatable bonds is 6. The van der Waals surface area contributed by atoms with Gasteiger partial charge in [-0.25, -0.2) is 0 Å². The average Bonchev–Trinajstić information content (AvgIpc) is 2.35. The summed E-state index contributed by atoms with van der Waals surface area (Å²) in [6.07, 6.45) is 2.00. The summed E-state index contributed by atoms with van der Waals surface area (Å²) < 4.78 is 5.49. The molecule has 4 heteroatoms.